The lowest BCUT2D eigenvalue weighted by molar-refractivity contribution is -0.385. The van der Waals surface area contributed by atoms with Crippen LogP contribution in [-0.2, 0) is 14.9 Å². The van der Waals surface area contributed by atoms with E-state index >= 15 is 0 Å². The highest BCUT2D eigenvalue weighted by Gasteiger charge is 2.33. The Kier molecular flexibility index (Phi) is 8.23. The number of carbonyl (C=O) groups excluding carboxylic acids is 1. The zero-order valence-corrected chi connectivity index (χ0v) is 23.4. The predicted octanol–water partition coefficient (Wildman–Crippen LogP) is 5.48. The van der Waals surface area contributed by atoms with Crippen LogP contribution in [0.2, 0.25) is 0 Å². The van der Waals surface area contributed by atoms with E-state index in [1.165, 1.54) is 43.2 Å². The fourth-order valence-corrected chi connectivity index (χ4v) is 5.91. The van der Waals surface area contributed by atoms with E-state index in [0.29, 0.717) is 38.4 Å². The number of thioether (sulfide) groups is 1. The minimum Gasteiger partial charge on any atom is -0.494 e. The Bertz CT molecular complexity index is 1600. The molecule has 0 unspecified atom stereocenters. The summed E-state index contributed by atoms with van der Waals surface area (Å²) in [5.41, 5.74) is 1.11. The van der Waals surface area contributed by atoms with Crippen LogP contribution in [0.1, 0.15) is 18.1 Å². The van der Waals surface area contributed by atoms with Crippen LogP contribution in [0.3, 0.4) is 0 Å². The molecule has 0 aliphatic carbocycles. The minimum atomic E-state index is -4.41. The molecule has 13 heteroatoms. The summed E-state index contributed by atoms with van der Waals surface area (Å²) in [6.07, 6.45) is 1.61. The van der Waals surface area contributed by atoms with Gasteiger partial charge in [-0.25, -0.2) is 0 Å². The van der Waals surface area contributed by atoms with E-state index in [0.717, 1.165) is 17.8 Å². The van der Waals surface area contributed by atoms with Crippen LogP contribution in [0.5, 0.6) is 17.2 Å². The van der Waals surface area contributed by atoms with Crippen molar-refractivity contribution in [3.05, 3.63) is 86.8 Å². The Morgan fingerprint density at radius 1 is 1.08 bits per heavy atom. The molecule has 1 aliphatic rings. The molecule has 0 N–H and O–H groups in total. The van der Waals surface area contributed by atoms with Crippen molar-refractivity contribution in [2.75, 3.05) is 18.6 Å². The average molecular weight is 587 g/mol. The number of hydrogen-bond donors (Lipinski definition) is 0. The molecule has 10 nitrogen and oxygen atoms in total. The van der Waals surface area contributed by atoms with Gasteiger partial charge in [0.15, 0.2) is 15.8 Å². The third kappa shape index (κ3) is 6.05. The maximum atomic E-state index is 13.1. The summed E-state index contributed by atoms with van der Waals surface area (Å²) >= 11 is 6.56. The predicted molar refractivity (Wildman–Crippen MR) is 152 cm³/mol. The van der Waals surface area contributed by atoms with E-state index in [1.54, 1.807) is 36.4 Å². The summed E-state index contributed by atoms with van der Waals surface area (Å²) in [5.74, 6) is 0.326. The van der Waals surface area contributed by atoms with E-state index in [1.807, 2.05) is 6.92 Å². The Hall–Kier alpha value is -3.94. The van der Waals surface area contributed by atoms with Crippen molar-refractivity contribution < 1.29 is 31.8 Å². The van der Waals surface area contributed by atoms with Crippen molar-refractivity contribution in [1.82, 2.24) is 0 Å². The molecule has 1 aliphatic heterocycles. The van der Waals surface area contributed by atoms with Crippen LogP contribution in [0, 0.1) is 17.0 Å². The van der Waals surface area contributed by atoms with Gasteiger partial charge in [-0.15, -0.1) is 0 Å². The van der Waals surface area contributed by atoms with Crippen molar-refractivity contribution >= 4 is 61.8 Å². The number of amides is 1. The van der Waals surface area contributed by atoms with Gasteiger partial charge in [-0.2, -0.15) is 8.42 Å². The quantitative estimate of drug-likeness (QED) is 0.105. The van der Waals surface area contributed by atoms with Crippen molar-refractivity contribution in [2.45, 2.75) is 18.7 Å². The Morgan fingerprint density at radius 3 is 2.44 bits per heavy atom. The standard InChI is InChI=1S/C26H22N2O8S3/c1-4-35-19-9-7-18(8-10-19)27-25(29)24(38-26(27)37)14-17-6-12-22(23(13-17)34-3)36-39(32,33)20-11-5-16(2)21(15-20)28(30)31/h5-15H,4H2,1-3H3/b24-14-. The van der Waals surface area contributed by atoms with Crippen LogP contribution in [0.25, 0.3) is 6.08 Å². The Morgan fingerprint density at radius 2 is 1.79 bits per heavy atom. The lowest BCUT2D eigenvalue weighted by atomic mass is 10.2. The molecule has 4 rings (SSSR count). The van der Waals surface area contributed by atoms with E-state index in [4.69, 9.17) is 25.9 Å². The average Bonchev–Trinajstić information content (AvgIpc) is 3.17. The maximum absolute atomic E-state index is 13.1. The monoisotopic (exact) mass is 586 g/mol. The van der Waals surface area contributed by atoms with E-state index in [9.17, 15) is 23.3 Å². The largest absolute Gasteiger partial charge is 0.494 e. The molecular weight excluding hydrogens is 564 g/mol. The molecule has 1 amide bonds. The molecule has 0 bridgehead atoms. The Balaban J connectivity index is 1.57. The number of thiocarbonyl (C=S) groups is 1. The number of ether oxygens (including phenoxy) is 2. The van der Waals surface area contributed by atoms with E-state index < -0.39 is 15.0 Å². The number of rotatable bonds is 9. The van der Waals surface area contributed by atoms with Crippen molar-refractivity contribution in [3.63, 3.8) is 0 Å². The van der Waals surface area contributed by atoms with Gasteiger partial charge in [0.25, 0.3) is 11.6 Å². The summed E-state index contributed by atoms with van der Waals surface area (Å²) in [6.45, 7) is 3.91. The molecule has 1 saturated heterocycles. The second-order valence-corrected chi connectivity index (χ2v) is 11.3. The number of methoxy groups -OCH3 is 1. The van der Waals surface area contributed by atoms with Crippen LogP contribution < -0.4 is 18.6 Å². The van der Waals surface area contributed by atoms with Gasteiger partial charge in [-0.1, -0.05) is 36.1 Å². The third-order valence-corrected chi connectivity index (χ3v) is 8.08. The van der Waals surface area contributed by atoms with Crippen LogP contribution in [0.15, 0.2) is 70.5 Å². The normalized spacial score (nSPS) is 14.5. The van der Waals surface area contributed by atoms with Gasteiger partial charge in [0, 0.05) is 11.6 Å². The number of carbonyl (C=O) groups is 1. The minimum absolute atomic E-state index is 0.0796. The second-order valence-electron chi connectivity index (χ2n) is 8.10. The summed E-state index contributed by atoms with van der Waals surface area (Å²) in [4.78, 5) is 25.1. The highest BCUT2D eigenvalue weighted by atomic mass is 32.2. The van der Waals surface area contributed by atoms with Crippen molar-refractivity contribution in [2.24, 2.45) is 0 Å². The SMILES string of the molecule is CCOc1ccc(N2C(=O)/C(=C/c3ccc(OS(=O)(=O)c4ccc(C)c([N+](=O)[O-])c4)c(OC)c3)SC2=S)cc1. The number of anilines is 1. The number of aryl methyl sites for hydroxylation is 1. The zero-order chi connectivity index (χ0) is 28.3. The number of nitro groups is 1. The Labute approximate surface area is 234 Å². The fraction of sp³-hybridized carbons (Fsp3) is 0.154. The first-order chi connectivity index (χ1) is 18.5. The van der Waals surface area contributed by atoms with Gasteiger partial charge in [-0.3, -0.25) is 19.8 Å². The maximum Gasteiger partial charge on any atom is 0.339 e. The molecule has 39 heavy (non-hydrogen) atoms. The molecule has 3 aromatic rings. The smallest absolute Gasteiger partial charge is 0.339 e. The number of nitro benzene ring substituents is 1. The summed E-state index contributed by atoms with van der Waals surface area (Å²) in [6, 6.07) is 14.9. The summed E-state index contributed by atoms with van der Waals surface area (Å²) in [7, 11) is -3.07. The van der Waals surface area contributed by atoms with Gasteiger partial charge < -0.3 is 13.7 Å². The molecule has 1 fully saturated rings. The molecule has 1 heterocycles. The molecule has 202 valence electrons. The third-order valence-electron chi connectivity index (χ3n) is 5.55. The van der Waals surface area contributed by atoms with Crippen molar-refractivity contribution in [3.8, 4) is 17.2 Å². The molecule has 3 aromatic carbocycles. The topological polar surface area (TPSA) is 125 Å². The van der Waals surface area contributed by atoms with Gasteiger partial charge >= 0.3 is 10.1 Å². The van der Waals surface area contributed by atoms with E-state index in [2.05, 4.69) is 0 Å². The molecule has 0 spiro atoms. The van der Waals surface area contributed by atoms with Crippen molar-refractivity contribution in [1.29, 1.82) is 0 Å². The van der Waals surface area contributed by atoms with Crippen LogP contribution in [-0.4, -0.2) is 37.3 Å². The molecule has 0 aromatic heterocycles. The first kappa shape index (κ1) is 28.1. The molecule has 0 saturated carbocycles. The number of hydrogen-bond acceptors (Lipinski definition) is 10. The highest BCUT2D eigenvalue weighted by molar-refractivity contribution is 8.27. The fourth-order valence-electron chi connectivity index (χ4n) is 3.65. The highest BCUT2D eigenvalue weighted by Crippen LogP contribution is 2.38. The van der Waals surface area contributed by atoms with Gasteiger partial charge in [0.2, 0.25) is 0 Å². The summed E-state index contributed by atoms with van der Waals surface area (Å²) in [5, 5.41) is 11.2. The molecular formula is C26H22N2O8S3. The lowest BCUT2D eigenvalue weighted by Crippen LogP contribution is -2.27. The lowest BCUT2D eigenvalue weighted by Gasteiger charge is -2.15. The van der Waals surface area contributed by atoms with Gasteiger partial charge in [0.05, 0.1) is 29.2 Å². The van der Waals surface area contributed by atoms with Gasteiger partial charge in [0.1, 0.15) is 10.6 Å². The molecule has 0 radical (unpaired) electrons. The molecule has 0 atom stereocenters. The van der Waals surface area contributed by atoms with Crippen LogP contribution in [0.4, 0.5) is 11.4 Å². The second kappa shape index (κ2) is 11.4. The first-order valence-corrected chi connectivity index (χ1v) is 14.1. The first-order valence-electron chi connectivity index (χ1n) is 11.4. The zero-order valence-electron chi connectivity index (χ0n) is 20.9. The summed E-state index contributed by atoms with van der Waals surface area (Å²) < 4.78 is 42.0. The number of nitrogens with zero attached hydrogens (tertiary/aromatic N) is 2. The van der Waals surface area contributed by atoms with Gasteiger partial charge in [-0.05, 0) is 68.0 Å². The van der Waals surface area contributed by atoms with E-state index in [-0.39, 0.29) is 28.0 Å². The van der Waals surface area contributed by atoms with Crippen LogP contribution >= 0.6 is 24.0 Å². The number of benzene rings is 3.